The van der Waals surface area contributed by atoms with Gasteiger partial charge in [0.15, 0.2) is 0 Å². The summed E-state index contributed by atoms with van der Waals surface area (Å²) in [6.07, 6.45) is -0.522. The fourth-order valence-corrected chi connectivity index (χ4v) is 2.02. The average molecular weight is 288 g/mol. The maximum Gasteiger partial charge on any atom is 0.125 e. The van der Waals surface area contributed by atoms with Gasteiger partial charge in [-0.1, -0.05) is 12.1 Å². The molecule has 0 heterocycles. The molecule has 0 aromatic heterocycles. The van der Waals surface area contributed by atoms with Crippen LogP contribution < -0.4 is 14.2 Å². The summed E-state index contributed by atoms with van der Waals surface area (Å²) in [5, 5.41) is 9.67. The van der Waals surface area contributed by atoms with Gasteiger partial charge in [0.25, 0.3) is 0 Å². The Morgan fingerprint density at radius 3 is 2.43 bits per heavy atom. The second-order valence-corrected chi connectivity index (χ2v) is 4.71. The second kappa shape index (κ2) is 6.99. The third kappa shape index (κ3) is 3.89. The summed E-state index contributed by atoms with van der Waals surface area (Å²) in [4.78, 5) is 0. The highest BCUT2D eigenvalue weighted by molar-refractivity contribution is 5.38. The summed E-state index contributed by atoms with van der Waals surface area (Å²) in [6, 6.07) is 13.0. The highest BCUT2D eigenvalue weighted by atomic mass is 16.5. The van der Waals surface area contributed by atoms with E-state index in [0.717, 1.165) is 28.4 Å². The SMILES string of the molecule is COc1cccc(OCc2cc(C(C)O)ccc2OC)c1. The highest BCUT2D eigenvalue weighted by Gasteiger charge is 2.09. The fourth-order valence-electron chi connectivity index (χ4n) is 2.02. The van der Waals surface area contributed by atoms with Crippen LogP contribution in [0.2, 0.25) is 0 Å². The Morgan fingerprint density at radius 1 is 1.00 bits per heavy atom. The first-order chi connectivity index (χ1) is 10.1. The Bertz CT molecular complexity index is 593. The minimum absolute atomic E-state index is 0.358. The normalized spacial score (nSPS) is 11.8. The number of hydrogen-bond acceptors (Lipinski definition) is 4. The quantitative estimate of drug-likeness (QED) is 0.885. The van der Waals surface area contributed by atoms with Crippen LogP contribution in [0, 0.1) is 0 Å². The number of benzene rings is 2. The number of hydrogen-bond donors (Lipinski definition) is 1. The molecule has 4 heteroatoms. The van der Waals surface area contributed by atoms with E-state index in [4.69, 9.17) is 14.2 Å². The van der Waals surface area contributed by atoms with Gasteiger partial charge in [0.2, 0.25) is 0 Å². The maximum atomic E-state index is 9.67. The molecule has 2 aromatic carbocycles. The van der Waals surface area contributed by atoms with Crippen molar-refractivity contribution in [1.82, 2.24) is 0 Å². The van der Waals surface area contributed by atoms with Gasteiger partial charge in [-0.3, -0.25) is 0 Å². The first-order valence-corrected chi connectivity index (χ1v) is 6.75. The van der Waals surface area contributed by atoms with Gasteiger partial charge in [-0.05, 0) is 36.8 Å². The molecule has 0 aliphatic carbocycles. The molecule has 0 spiro atoms. The summed E-state index contributed by atoms with van der Waals surface area (Å²) in [5.74, 6) is 2.21. The number of methoxy groups -OCH3 is 2. The number of aliphatic hydroxyl groups excluding tert-OH is 1. The van der Waals surface area contributed by atoms with Gasteiger partial charge in [0, 0.05) is 11.6 Å². The molecule has 0 aliphatic rings. The van der Waals surface area contributed by atoms with E-state index in [1.165, 1.54) is 0 Å². The van der Waals surface area contributed by atoms with Gasteiger partial charge in [0.05, 0.1) is 20.3 Å². The molecule has 0 bridgehead atoms. The molecule has 0 saturated heterocycles. The predicted molar refractivity (Wildman–Crippen MR) is 81.0 cm³/mol. The van der Waals surface area contributed by atoms with Gasteiger partial charge in [-0.15, -0.1) is 0 Å². The Kier molecular flexibility index (Phi) is 5.06. The molecule has 1 N–H and O–H groups in total. The van der Waals surface area contributed by atoms with Crippen LogP contribution in [-0.2, 0) is 6.61 Å². The summed E-state index contributed by atoms with van der Waals surface area (Å²) < 4.78 is 16.3. The van der Waals surface area contributed by atoms with Gasteiger partial charge < -0.3 is 19.3 Å². The smallest absolute Gasteiger partial charge is 0.125 e. The molecular weight excluding hydrogens is 268 g/mol. The first kappa shape index (κ1) is 15.2. The van der Waals surface area contributed by atoms with Crippen molar-refractivity contribution in [2.75, 3.05) is 14.2 Å². The van der Waals surface area contributed by atoms with Crippen molar-refractivity contribution in [3.05, 3.63) is 53.6 Å². The zero-order valence-corrected chi connectivity index (χ0v) is 12.5. The lowest BCUT2D eigenvalue weighted by molar-refractivity contribution is 0.198. The van der Waals surface area contributed by atoms with E-state index >= 15 is 0 Å². The number of aliphatic hydroxyl groups is 1. The standard InChI is InChI=1S/C17H20O4/c1-12(18)13-7-8-17(20-3)14(9-13)11-21-16-6-4-5-15(10-16)19-2/h4-10,12,18H,11H2,1-3H3. The van der Waals surface area contributed by atoms with Crippen molar-refractivity contribution < 1.29 is 19.3 Å². The Hall–Kier alpha value is -2.20. The minimum atomic E-state index is -0.522. The van der Waals surface area contributed by atoms with Gasteiger partial charge >= 0.3 is 0 Å². The van der Waals surface area contributed by atoms with E-state index in [1.807, 2.05) is 42.5 Å². The Morgan fingerprint density at radius 2 is 1.76 bits per heavy atom. The third-order valence-corrected chi connectivity index (χ3v) is 3.22. The van der Waals surface area contributed by atoms with Crippen molar-refractivity contribution in [3.8, 4) is 17.2 Å². The minimum Gasteiger partial charge on any atom is -0.497 e. The molecule has 112 valence electrons. The van der Waals surface area contributed by atoms with Crippen LogP contribution in [0.3, 0.4) is 0 Å². The lowest BCUT2D eigenvalue weighted by Gasteiger charge is -2.13. The monoisotopic (exact) mass is 288 g/mol. The van der Waals surface area contributed by atoms with E-state index in [9.17, 15) is 5.11 Å². The van der Waals surface area contributed by atoms with Crippen LogP contribution in [0.4, 0.5) is 0 Å². The van der Waals surface area contributed by atoms with Gasteiger partial charge in [0.1, 0.15) is 23.9 Å². The topological polar surface area (TPSA) is 47.9 Å². The van der Waals surface area contributed by atoms with Crippen molar-refractivity contribution in [2.45, 2.75) is 19.6 Å². The van der Waals surface area contributed by atoms with E-state index in [1.54, 1.807) is 21.1 Å². The zero-order chi connectivity index (χ0) is 15.2. The summed E-state index contributed by atoms with van der Waals surface area (Å²) in [7, 11) is 3.24. The van der Waals surface area contributed by atoms with E-state index in [-0.39, 0.29) is 0 Å². The van der Waals surface area contributed by atoms with Crippen LogP contribution in [0.1, 0.15) is 24.2 Å². The first-order valence-electron chi connectivity index (χ1n) is 6.75. The summed E-state index contributed by atoms with van der Waals surface area (Å²) >= 11 is 0. The molecule has 1 unspecified atom stereocenters. The van der Waals surface area contributed by atoms with Crippen molar-refractivity contribution in [2.24, 2.45) is 0 Å². The van der Waals surface area contributed by atoms with Crippen LogP contribution in [0.15, 0.2) is 42.5 Å². The number of rotatable bonds is 6. The second-order valence-electron chi connectivity index (χ2n) is 4.71. The largest absolute Gasteiger partial charge is 0.497 e. The van der Waals surface area contributed by atoms with E-state index < -0.39 is 6.10 Å². The highest BCUT2D eigenvalue weighted by Crippen LogP contribution is 2.26. The lowest BCUT2D eigenvalue weighted by atomic mass is 10.1. The predicted octanol–water partition coefficient (Wildman–Crippen LogP) is 3.34. The zero-order valence-electron chi connectivity index (χ0n) is 12.5. The summed E-state index contributed by atoms with van der Waals surface area (Å²) in [6.45, 7) is 2.09. The molecule has 0 radical (unpaired) electrons. The van der Waals surface area contributed by atoms with Gasteiger partial charge in [-0.25, -0.2) is 0 Å². The van der Waals surface area contributed by atoms with Gasteiger partial charge in [-0.2, -0.15) is 0 Å². The fraction of sp³-hybridized carbons (Fsp3) is 0.294. The van der Waals surface area contributed by atoms with E-state index in [2.05, 4.69) is 0 Å². The average Bonchev–Trinajstić information content (AvgIpc) is 2.52. The molecular formula is C17H20O4. The molecule has 2 aromatic rings. The van der Waals surface area contributed by atoms with E-state index in [0.29, 0.717) is 6.61 Å². The van der Waals surface area contributed by atoms with Crippen LogP contribution >= 0.6 is 0 Å². The summed E-state index contributed by atoms with van der Waals surface area (Å²) in [5.41, 5.74) is 1.72. The van der Waals surface area contributed by atoms with Crippen molar-refractivity contribution in [3.63, 3.8) is 0 Å². The molecule has 0 amide bonds. The lowest BCUT2D eigenvalue weighted by Crippen LogP contribution is -2.01. The molecule has 4 nitrogen and oxygen atoms in total. The van der Waals surface area contributed by atoms with Crippen LogP contribution in [-0.4, -0.2) is 19.3 Å². The Balaban J connectivity index is 2.16. The molecule has 21 heavy (non-hydrogen) atoms. The number of ether oxygens (including phenoxy) is 3. The Labute approximate surface area is 124 Å². The molecule has 0 aliphatic heterocycles. The molecule has 0 fully saturated rings. The molecule has 2 rings (SSSR count). The maximum absolute atomic E-state index is 9.67. The molecule has 1 atom stereocenters. The molecule has 0 saturated carbocycles. The van der Waals surface area contributed by atoms with Crippen LogP contribution in [0.25, 0.3) is 0 Å². The van der Waals surface area contributed by atoms with Crippen LogP contribution in [0.5, 0.6) is 17.2 Å². The van der Waals surface area contributed by atoms with Crippen molar-refractivity contribution in [1.29, 1.82) is 0 Å². The third-order valence-electron chi connectivity index (χ3n) is 3.22. The van der Waals surface area contributed by atoms with Crippen molar-refractivity contribution >= 4 is 0 Å².